The molecule has 0 radical (unpaired) electrons. The number of benzene rings is 2. The molecule has 4 nitrogen and oxygen atoms in total. The Morgan fingerprint density at radius 3 is 2.62 bits per heavy atom. The molecule has 0 saturated heterocycles. The van der Waals surface area contributed by atoms with Crippen molar-refractivity contribution < 1.29 is 13.6 Å². The average Bonchev–Trinajstić information content (AvgIpc) is 2.46. The van der Waals surface area contributed by atoms with Gasteiger partial charge in [-0.3, -0.25) is 10.6 Å². The molecule has 0 spiro atoms. The van der Waals surface area contributed by atoms with Crippen LogP contribution in [-0.2, 0) is 6.54 Å². The number of hydrazine groups is 1. The van der Waals surface area contributed by atoms with Crippen molar-refractivity contribution in [1.82, 2.24) is 4.90 Å². The van der Waals surface area contributed by atoms with Crippen LogP contribution in [0.3, 0.4) is 0 Å². The second-order valence-electron chi connectivity index (χ2n) is 4.60. The standard InChI is InChI=1S/C15H15F2N3O/c1-20(9-10-4-2-5-11(16)8-10)15(21)12-6-3-7-13(17)14(12)19-18/h2-8,19H,9,18H2,1H3. The van der Waals surface area contributed by atoms with E-state index in [1.54, 1.807) is 19.2 Å². The van der Waals surface area contributed by atoms with Crippen LogP contribution in [-0.4, -0.2) is 17.9 Å². The molecule has 0 fully saturated rings. The molecule has 6 heteroatoms. The monoisotopic (exact) mass is 291 g/mol. The van der Waals surface area contributed by atoms with Crippen LogP contribution < -0.4 is 11.3 Å². The quantitative estimate of drug-likeness (QED) is 0.672. The normalized spacial score (nSPS) is 10.3. The third-order valence-corrected chi connectivity index (χ3v) is 3.04. The van der Waals surface area contributed by atoms with E-state index < -0.39 is 11.7 Å². The maximum atomic E-state index is 13.6. The summed E-state index contributed by atoms with van der Waals surface area (Å²) in [6, 6.07) is 10.1. The number of amides is 1. The summed E-state index contributed by atoms with van der Waals surface area (Å²) in [6.07, 6.45) is 0. The minimum Gasteiger partial charge on any atom is -0.337 e. The van der Waals surface area contributed by atoms with Gasteiger partial charge in [0, 0.05) is 13.6 Å². The Labute approximate surface area is 121 Å². The Morgan fingerprint density at radius 2 is 1.95 bits per heavy atom. The van der Waals surface area contributed by atoms with Gasteiger partial charge in [0.2, 0.25) is 0 Å². The van der Waals surface area contributed by atoms with Crippen LogP contribution in [0.2, 0.25) is 0 Å². The van der Waals surface area contributed by atoms with E-state index >= 15 is 0 Å². The first-order valence-corrected chi connectivity index (χ1v) is 6.28. The molecule has 0 aromatic heterocycles. The Hall–Kier alpha value is -2.47. The van der Waals surface area contributed by atoms with Gasteiger partial charge in [-0.2, -0.15) is 0 Å². The maximum absolute atomic E-state index is 13.6. The van der Waals surface area contributed by atoms with Crippen molar-refractivity contribution in [1.29, 1.82) is 0 Å². The lowest BCUT2D eigenvalue weighted by molar-refractivity contribution is 0.0785. The van der Waals surface area contributed by atoms with E-state index in [-0.39, 0.29) is 23.6 Å². The first kappa shape index (κ1) is 14.9. The van der Waals surface area contributed by atoms with Crippen LogP contribution in [0, 0.1) is 11.6 Å². The summed E-state index contributed by atoms with van der Waals surface area (Å²) in [5, 5.41) is 0. The molecule has 2 aromatic carbocycles. The van der Waals surface area contributed by atoms with E-state index in [9.17, 15) is 13.6 Å². The first-order chi connectivity index (χ1) is 10.0. The highest BCUT2D eigenvalue weighted by Crippen LogP contribution is 2.20. The summed E-state index contributed by atoms with van der Waals surface area (Å²) in [6.45, 7) is 0.205. The molecular weight excluding hydrogens is 276 g/mol. The van der Waals surface area contributed by atoms with E-state index in [0.717, 1.165) is 0 Å². The van der Waals surface area contributed by atoms with Gasteiger partial charge in [0.05, 0.1) is 11.3 Å². The van der Waals surface area contributed by atoms with Crippen molar-refractivity contribution >= 4 is 11.6 Å². The van der Waals surface area contributed by atoms with Crippen molar-refractivity contribution in [3.05, 3.63) is 65.2 Å². The lowest BCUT2D eigenvalue weighted by Crippen LogP contribution is -2.28. The molecule has 0 aliphatic carbocycles. The number of rotatable bonds is 4. The number of nitrogens with two attached hydrogens (primary N) is 1. The second kappa shape index (κ2) is 6.32. The Kier molecular flexibility index (Phi) is 4.49. The fourth-order valence-corrected chi connectivity index (χ4v) is 2.04. The van der Waals surface area contributed by atoms with Gasteiger partial charge in [-0.15, -0.1) is 0 Å². The van der Waals surface area contributed by atoms with Crippen molar-refractivity contribution in [2.24, 2.45) is 5.84 Å². The van der Waals surface area contributed by atoms with Gasteiger partial charge in [-0.25, -0.2) is 8.78 Å². The lowest BCUT2D eigenvalue weighted by atomic mass is 10.1. The van der Waals surface area contributed by atoms with Gasteiger partial charge >= 0.3 is 0 Å². The molecule has 0 saturated carbocycles. The number of para-hydroxylation sites is 1. The van der Waals surface area contributed by atoms with Crippen LogP contribution >= 0.6 is 0 Å². The molecule has 0 atom stereocenters. The Balaban J connectivity index is 2.22. The summed E-state index contributed by atoms with van der Waals surface area (Å²) in [5.74, 6) is 3.86. The highest BCUT2D eigenvalue weighted by Gasteiger charge is 2.18. The van der Waals surface area contributed by atoms with Gasteiger partial charge in [-0.05, 0) is 29.8 Å². The van der Waals surface area contributed by atoms with Crippen LogP contribution in [0.1, 0.15) is 15.9 Å². The molecule has 0 aliphatic rings. The minimum absolute atomic E-state index is 0.0615. The molecule has 0 aliphatic heterocycles. The highest BCUT2D eigenvalue weighted by molar-refractivity contribution is 5.99. The number of carbonyl (C=O) groups excluding carboxylic acids is 1. The number of carbonyl (C=O) groups is 1. The minimum atomic E-state index is -0.609. The topological polar surface area (TPSA) is 58.4 Å². The molecule has 0 bridgehead atoms. The number of nitrogens with zero attached hydrogens (tertiary/aromatic N) is 1. The summed E-state index contributed by atoms with van der Waals surface area (Å²) >= 11 is 0. The summed E-state index contributed by atoms with van der Waals surface area (Å²) in [4.78, 5) is 13.7. The molecule has 0 unspecified atom stereocenters. The Morgan fingerprint density at radius 1 is 1.24 bits per heavy atom. The maximum Gasteiger partial charge on any atom is 0.256 e. The highest BCUT2D eigenvalue weighted by atomic mass is 19.1. The van der Waals surface area contributed by atoms with Crippen molar-refractivity contribution in [2.45, 2.75) is 6.54 Å². The van der Waals surface area contributed by atoms with E-state index in [1.807, 2.05) is 0 Å². The van der Waals surface area contributed by atoms with Crippen LogP contribution in [0.5, 0.6) is 0 Å². The average molecular weight is 291 g/mol. The van der Waals surface area contributed by atoms with Gasteiger partial charge in [-0.1, -0.05) is 18.2 Å². The van der Waals surface area contributed by atoms with E-state index in [2.05, 4.69) is 5.43 Å². The number of halogens is 2. The third-order valence-electron chi connectivity index (χ3n) is 3.04. The number of hydrogen-bond acceptors (Lipinski definition) is 3. The summed E-state index contributed by atoms with van der Waals surface area (Å²) < 4.78 is 26.7. The number of nitrogen functional groups attached to an aromatic ring is 1. The number of hydrogen-bond donors (Lipinski definition) is 2. The predicted octanol–water partition coefficient (Wildman–Crippen LogP) is 2.52. The Bertz CT molecular complexity index is 661. The second-order valence-corrected chi connectivity index (χ2v) is 4.60. The molecular formula is C15H15F2N3O. The molecule has 0 heterocycles. The molecule has 2 aromatic rings. The molecule has 21 heavy (non-hydrogen) atoms. The zero-order chi connectivity index (χ0) is 15.4. The van der Waals surface area contributed by atoms with Crippen LogP contribution in [0.25, 0.3) is 0 Å². The SMILES string of the molecule is CN(Cc1cccc(F)c1)C(=O)c1cccc(F)c1NN. The lowest BCUT2D eigenvalue weighted by Gasteiger charge is -2.19. The molecule has 110 valence electrons. The molecule has 2 rings (SSSR count). The van der Waals surface area contributed by atoms with Crippen LogP contribution in [0.4, 0.5) is 14.5 Å². The van der Waals surface area contributed by atoms with Crippen molar-refractivity contribution in [3.8, 4) is 0 Å². The zero-order valence-electron chi connectivity index (χ0n) is 11.4. The largest absolute Gasteiger partial charge is 0.337 e. The van der Waals surface area contributed by atoms with E-state index in [0.29, 0.717) is 5.56 Å². The smallest absolute Gasteiger partial charge is 0.256 e. The fraction of sp³-hybridized carbons (Fsp3) is 0.133. The first-order valence-electron chi connectivity index (χ1n) is 6.28. The zero-order valence-corrected chi connectivity index (χ0v) is 11.4. The molecule has 1 amide bonds. The predicted molar refractivity (Wildman–Crippen MR) is 76.4 cm³/mol. The van der Waals surface area contributed by atoms with Gasteiger partial charge in [0.15, 0.2) is 0 Å². The van der Waals surface area contributed by atoms with E-state index in [4.69, 9.17) is 5.84 Å². The summed E-state index contributed by atoms with van der Waals surface area (Å²) in [7, 11) is 1.55. The number of nitrogens with one attached hydrogen (secondary N) is 1. The van der Waals surface area contributed by atoms with Gasteiger partial charge in [0.1, 0.15) is 11.6 Å². The van der Waals surface area contributed by atoms with Gasteiger partial charge in [0.25, 0.3) is 5.91 Å². The van der Waals surface area contributed by atoms with Crippen molar-refractivity contribution in [3.63, 3.8) is 0 Å². The molecule has 3 N–H and O–H groups in total. The number of anilines is 1. The van der Waals surface area contributed by atoms with Crippen LogP contribution in [0.15, 0.2) is 42.5 Å². The van der Waals surface area contributed by atoms with Gasteiger partial charge < -0.3 is 10.3 Å². The summed E-state index contributed by atoms with van der Waals surface area (Å²) in [5.41, 5.74) is 2.89. The fourth-order valence-electron chi connectivity index (χ4n) is 2.04. The van der Waals surface area contributed by atoms with Crippen molar-refractivity contribution in [2.75, 3.05) is 12.5 Å². The third kappa shape index (κ3) is 3.35. The van der Waals surface area contributed by atoms with E-state index in [1.165, 1.54) is 35.2 Å².